The first kappa shape index (κ1) is 15.5. The standard InChI is InChI=1S/C18H30N2/c1-14-7-6-8-15(11-14)12-20(5)13-16-9-10-18(2,3)17(16)19-4/h6-8,11,16-17,19H,9-10,12-13H2,1-5H3. The summed E-state index contributed by atoms with van der Waals surface area (Å²) in [6.07, 6.45) is 2.68. The second kappa shape index (κ2) is 6.28. The van der Waals surface area contributed by atoms with Gasteiger partial charge in [0.1, 0.15) is 0 Å². The zero-order chi connectivity index (χ0) is 14.8. The first-order valence-corrected chi connectivity index (χ1v) is 7.84. The Morgan fingerprint density at radius 2 is 2.10 bits per heavy atom. The highest BCUT2D eigenvalue weighted by molar-refractivity contribution is 5.22. The highest BCUT2D eigenvalue weighted by Crippen LogP contribution is 2.41. The van der Waals surface area contributed by atoms with Gasteiger partial charge in [0.25, 0.3) is 0 Å². The van der Waals surface area contributed by atoms with Gasteiger partial charge in [-0.3, -0.25) is 0 Å². The number of nitrogens with one attached hydrogen (secondary N) is 1. The fourth-order valence-corrected chi connectivity index (χ4v) is 3.93. The van der Waals surface area contributed by atoms with Crippen LogP contribution in [0.5, 0.6) is 0 Å². The van der Waals surface area contributed by atoms with Crippen LogP contribution < -0.4 is 5.32 Å². The van der Waals surface area contributed by atoms with Crippen LogP contribution in [0.2, 0.25) is 0 Å². The predicted octanol–water partition coefficient (Wildman–Crippen LogP) is 3.45. The van der Waals surface area contributed by atoms with Crippen molar-refractivity contribution in [2.24, 2.45) is 11.3 Å². The van der Waals surface area contributed by atoms with E-state index in [0.717, 1.165) is 12.5 Å². The first-order chi connectivity index (χ1) is 9.42. The predicted molar refractivity (Wildman–Crippen MR) is 86.9 cm³/mol. The summed E-state index contributed by atoms with van der Waals surface area (Å²) >= 11 is 0. The maximum absolute atomic E-state index is 3.56. The van der Waals surface area contributed by atoms with Gasteiger partial charge < -0.3 is 10.2 Å². The van der Waals surface area contributed by atoms with Gasteiger partial charge in [-0.15, -0.1) is 0 Å². The van der Waals surface area contributed by atoms with E-state index < -0.39 is 0 Å². The summed E-state index contributed by atoms with van der Waals surface area (Å²) in [7, 11) is 4.37. The molecule has 0 heterocycles. The fraction of sp³-hybridized carbons (Fsp3) is 0.667. The average molecular weight is 274 g/mol. The van der Waals surface area contributed by atoms with Crippen LogP contribution in [-0.2, 0) is 6.54 Å². The van der Waals surface area contributed by atoms with Crippen LogP contribution in [-0.4, -0.2) is 31.6 Å². The van der Waals surface area contributed by atoms with Crippen molar-refractivity contribution in [1.82, 2.24) is 10.2 Å². The van der Waals surface area contributed by atoms with Crippen LogP contribution in [0.25, 0.3) is 0 Å². The van der Waals surface area contributed by atoms with E-state index in [9.17, 15) is 0 Å². The lowest BCUT2D eigenvalue weighted by Crippen LogP contribution is -2.43. The van der Waals surface area contributed by atoms with E-state index in [4.69, 9.17) is 0 Å². The SMILES string of the molecule is CNC1C(CN(C)Cc2cccc(C)c2)CCC1(C)C. The van der Waals surface area contributed by atoms with Crippen LogP contribution in [0.4, 0.5) is 0 Å². The minimum Gasteiger partial charge on any atom is -0.316 e. The third-order valence-corrected chi connectivity index (χ3v) is 4.86. The van der Waals surface area contributed by atoms with Crippen molar-refractivity contribution < 1.29 is 0 Å². The van der Waals surface area contributed by atoms with E-state index >= 15 is 0 Å². The zero-order valence-corrected chi connectivity index (χ0v) is 13.7. The molecule has 0 amide bonds. The molecule has 0 aliphatic heterocycles. The summed E-state index contributed by atoms with van der Waals surface area (Å²) in [5, 5.41) is 3.56. The summed E-state index contributed by atoms with van der Waals surface area (Å²) < 4.78 is 0. The summed E-state index contributed by atoms with van der Waals surface area (Å²) in [4.78, 5) is 2.48. The lowest BCUT2D eigenvalue weighted by molar-refractivity contribution is 0.207. The van der Waals surface area contributed by atoms with Gasteiger partial charge in [0.15, 0.2) is 0 Å². The third-order valence-electron chi connectivity index (χ3n) is 4.86. The van der Waals surface area contributed by atoms with Gasteiger partial charge in [-0.25, -0.2) is 0 Å². The molecular weight excluding hydrogens is 244 g/mol. The van der Waals surface area contributed by atoms with Crippen LogP contribution in [0.15, 0.2) is 24.3 Å². The first-order valence-electron chi connectivity index (χ1n) is 7.84. The molecule has 1 aromatic carbocycles. The molecule has 1 fully saturated rings. The van der Waals surface area contributed by atoms with Crippen molar-refractivity contribution in [2.45, 2.75) is 46.2 Å². The van der Waals surface area contributed by atoms with Crippen molar-refractivity contribution in [2.75, 3.05) is 20.6 Å². The van der Waals surface area contributed by atoms with E-state index in [0.29, 0.717) is 11.5 Å². The summed E-state index contributed by atoms with van der Waals surface area (Å²) in [6, 6.07) is 9.50. The molecule has 20 heavy (non-hydrogen) atoms. The molecule has 1 N–H and O–H groups in total. The minimum absolute atomic E-state index is 0.434. The van der Waals surface area contributed by atoms with Gasteiger partial charge in [-0.1, -0.05) is 43.7 Å². The van der Waals surface area contributed by atoms with E-state index in [2.05, 4.69) is 69.3 Å². The van der Waals surface area contributed by atoms with Gasteiger partial charge in [0.05, 0.1) is 0 Å². The van der Waals surface area contributed by atoms with Crippen LogP contribution in [0.3, 0.4) is 0 Å². The fourth-order valence-electron chi connectivity index (χ4n) is 3.93. The number of rotatable bonds is 5. The lowest BCUT2D eigenvalue weighted by Gasteiger charge is -2.32. The van der Waals surface area contributed by atoms with Gasteiger partial charge in [0, 0.05) is 19.1 Å². The average Bonchev–Trinajstić information content (AvgIpc) is 2.63. The highest BCUT2D eigenvalue weighted by Gasteiger charge is 2.40. The van der Waals surface area contributed by atoms with E-state index in [1.807, 2.05) is 0 Å². The molecule has 0 bridgehead atoms. The smallest absolute Gasteiger partial charge is 0.0230 e. The third kappa shape index (κ3) is 3.62. The Morgan fingerprint density at radius 3 is 2.75 bits per heavy atom. The Kier molecular flexibility index (Phi) is 4.87. The molecule has 112 valence electrons. The summed E-state index contributed by atoms with van der Waals surface area (Å²) in [6.45, 7) is 9.20. The highest BCUT2D eigenvalue weighted by atomic mass is 15.1. The second-order valence-electron chi connectivity index (χ2n) is 7.24. The molecule has 2 nitrogen and oxygen atoms in total. The quantitative estimate of drug-likeness (QED) is 0.884. The number of benzene rings is 1. The lowest BCUT2D eigenvalue weighted by atomic mass is 9.85. The van der Waals surface area contributed by atoms with Crippen LogP contribution in [0.1, 0.15) is 37.8 Å². The van der Waals surface area contributed by atoms with Crippen molar-refractivity contribution in [1.29, 1.82) is 0 Å². The van der Waals surface area contributed by atoms with Gasteiger partial charge in [-0.2, -0.15) is 0 Å². The number of nitrogens with zero attached hydrogens (tertiary/aromatic N) is 1. The molecule has 1 aliphatic carbocycles. The molecule has 1 saturated carbocycles. The summed E-state index contributed by atoms with van der Waals surface area (Å²) in [5.74, 6) is 0.768. The molecule has 2 rings (SSSR count). The monoisotopic (exact) mass is 274 g/mol. The minimum atomic E-state index is 0.434. The Labute approximate surface area is 124 Å². The Hall–Kier alpha value is -0.860. The molecule has 0 saturated heterocycles. The molecule has 0 aromatic heterocycles. The van der Waals surface area contributed by atoms with Crippen LogP contribution >= 0.6 is 0 Å². The van der Waals surface area contributed by atoms with E-state index in [1.165, 1.54) is 30.5 Å². The zero-order valence-electron chi connectivity index (χ0n) is 13.7. The Morgan fingerprint density at radius 1 is 1.35 bits per heavy atom. The van der Waals surface area contributed by atoms with Crippen molar-refractivity contribution in [3.05, 3.63) is 35.4 Å². The number of hydrogen-bond acceptors (Lipinski definition) is 2. The molecule has 0 radical (unpaired) electrons. The number of hydrogen-bond donors (Lipinski definition) is 1. The van der Waals surface area contributed by atoms with E-state index in [1.54, 1.807) is 0 Å². The van der Waals surface area contributed by atoms with Crippen molar-refractivity contribution >= 4 is 0 Å². The molecule has 2 heteroatoms. The maximum atomic E-state index is 3.56. The molecule has 0 spiro atoms. The second-order valence-corrected chi connectivity index (χ2v) is 7.24. The van der Waals surface area contributed by atoms with Gasteiger partial charge in [0.2, 0.25) is 0 Å². The largest absolute Gasteiger partial charge is 0.316 e. The van der Waals surface area contributed by atoms with Crippen molar-refractivity contribution in [3.8, 4) is 0 Å². The number of aryl methyl sites for hydroxylation is 1. The summed E-state index contributed by atoms with van der Waals surface area (Å²) in [5.41, 5.74) is 3.21. The molecule has 1 aliphatic rings. The Balaban J connectivity index is 1.93. The normalized spacial score (nSPS) is 25.3. The Bertz CT molecular complexity index is 439. The molecular formula is C18H30N2. The van der Waals surface area contributed by atoms with Crippen LogP contribution in [0, 0.1) is 18.3 Å². The van der Waals surface area contributed by atoms with Gasteiger partial charge in [-0.05, 0) is 50.8 Å². The topological polar surface area (TPSA) is 15.3 Å². The maximum Gasteiger partial charge on any atom is 0.0230 e. The molecule has 1 aromatic rings. The van der Waals surface area contributed by atoms with E-state index in [-0.39, 0.29) is 0 Å². The van der Waals surface area contributed by atoms with Crippen molar-refractivity contribution in [3.63, 3.8) is 0 Å². The molecule has 2 unspecified atom stereocenters. The molecule has 2 atom stereocenters. The van der Waals surface area contributed by atoms with Gasteiger partial charge >= 0.3 is 0 Å².